The van der Waals surface area contributed by atoms with Crippen molar-refractivity contribution in [3.05, 3.63) is 54.1 Å². The lowest BCUT2D eigenvalue weighted by Crippen LogP contribution is -2.30. The van der Waals surface area contributed by atoms with Gasteiger partial charge in [-0.15, -0.1) is 11.8 Å². The highest BCUT2D eigenvalue weighted by Crippen LogP contribution is 2.28. The minimum atomic E-state index is -0.469. The molecule has 0 radical (unpaired) electrons. The number of ether oxygens (including phenoxy) is 3. The fraction of sp³-hybridized carbons (Fsp3) is 0.263. The molecule has 26 heavy (non-hydrogen) atoms. The Bertz CT molecular complexity index is 736. The van der Waals surface area contributed by atoms with E-state index in [4.69, 9.17) is 9.47 Å². The average Bonchev–Trinajstić information content (AvgIpc) is 2.69. The summed E-state index contributed by atoms with van der Waals surface area (Å²) >= 11 is 1.67. The van der Waals surface area contributed by atoms with E-state index in [1.165, 1.54) is 20.3 Å². The van der Waals surface area contributed by atoms with E-state index in [0.717, 1.165) is 10.6 Å². The molecule has 0 fully saturated rings. The monoisotopic (exact) mass is 375 g/mol. The highest BCUT2D eigenvalue weighted by molar-refractivity contribution is 7.99. The maximum Gasteiger partial charge on any atom is 0.337 e. The molecule has 0 saturated heterocycles. The van der Waals surface area contributed by atoms with Crippen LogP contribution in [0, 0.1) is 0 Å². The van der Waals surface area contributed by atoms with Crippen molar-refractivity contribution in [2.75, 3.05) is 33.1 Å². The standard InChI is InChI=1S/C19H21NO5S/c1-23-17-12-14(19(22)24-2)8-9-16(17)25-13-18(21)20-10-11-26-15-6-4-3-5-7-15/h3-9,12H,10-11,13H2,1-2H3,(H,20,21). The molecule has 0 atom stereocenters. The number of rotatable bonds is 9. The van der Waals surface area contributed by atoms with E-state index < -0.39 is 5.97 Å². The number of hydrogen-bond donors (Lipinski definition) is 1. The van der Waals surface area contributed by atoms with Gasteiger partial charge in [-0.3, -0.25) is 4.79 Å². The Morgan fingerprint density at radius 3 is 2.50 bits per heavy atom. The van der Waals surface area contributed by atoms with E-state index in [1.54, 1.807) is 23.9 Å². The fourth-order valence-corrected chi connectivity index (χ4v) is 2.89. The van der Waals surface area contributed by atoms with Crippen LogP contribution in [0.25, 0.3) is 0 Å². The number of esters is 1. The summed E-state index contributed by atoms with van der Waals surface area (Å²) in [5, 5.41) is 2.80. The van der Waals surface area contributed by atoms with Gasteiger partial charge in [0.1, 0.15) is 0 Å². The van der Waals surface area contributed by atoms with Gasteiger partial charge in [-0.05, 0) is 30.3 Å². The van der Waals surface area contributed by atoms with Crippen molar-refractivity contribution in [2.45, 2.75) is 4.90 Å². The molecule has 1 N–H and O–H groups in total. The lowest BCUT2D eigenvalue weighted by atomic mass is 10.2. The van der Waals surface area contributed by atoms with E-state index in [1.807, 2.05) is 30.3 Å². The van der Waals surface area contributed by atoms with Crippen molar-refractivity contribution >= 4 is 23.6 Å². The first-order chi connectivity index (χ1) is 12.6. The maximum absolute atomic E-state index is 11.9. The number of carbonyl (C=O) groups is 2. The van der Waals surface area contributed by atoms with E-state index >= 15 is 0 Å². The minimum absolute atomic E-state index is 0.135. The van der Waals surface area contributed by atoms with Crippen LogP contribution >= 0.6 is 11.8 Å². The van der Waals surface area contributed by atoms with Gasteiger partial charge in [0.15, 0.2) is 18.1 Å². The summed E-state index contributed by atoms with van der Waals surface area (Å²) < 4.78 is 15.3. The molecule has 2 aromatic carbocycles. The SMILES string of the molecule is COC(=O)c1ccc(OCC(=O)NCCSc2ccccc2)c(OC)c1. The van der Waals surface area contributed by atoms with Crippen molar-refractivity contribution in [2.24, 2.45) is 0 Å². The van der Waals surface area contributed by atoms with Crippen LogP contribution in [0.1, 0.15) is 10.4 Å². The summed E-state index contributed by atoms with van der Waals surface area (Å²) in [7, 11) is 2.77. The Morgan fingerprint density at radius 1 is 1.04 bits per heavy atom. The van der Waals surface area contributed by atoms with Gasteiger partial charge < -0.3 is 19.5 Å². The van der Waals surface area contributed by atoms with Crippen LogP contribution in [-0.2, 0) is 9.53 Å². The number of methoxy groups -OCH3 is 2. The first-order valence-corrected chi connectivity index (χ1v) is 8.96. The Balaban J connectivity index is 1.77. The topological polar surface area (TPSA) is 73.9 Å². The third kappa shape index (κ3) is 6.00. The zero-order valence-corrected chi connectivity index (χ0v) is 15.5. The summed E-state index contributed by atoms with van der Waals surface area (Å²) in [6, 6.07) is 14.6. The van der Waals surface area contributed by atoms with Gasteiger partial charge in [-0.25, -0.2) is 4.79 Å². The number of amides is 1. The number of thioether (sulfide) groups is 1. The first-order valence-electron chi connectivity index (χ1n) is 7.97. The molecular weight excluding hydrogens is 354 g/mol. The molecule has 0 saturated carbocycles. The summed E-state index contributed by atoms with van der Waals surface area (Å²) in [5.74, 6) is 0.822. The third-order valence-electron chi connectivity index (χ3n) is 3.38. The molecule has 2 aromatic rings. The number of hydrogen-bond acceptors (Lipinski definition) is 6. The summed E-state index contributed by atoms with van der Waals surface area (Å²) in [6.07, 6.45) is 0. The van der Waals surface area contributed by atoms with Crippen LogP contribution < -0.4 is 14.8 Å². The summed E-state index contributed by atoms with van der Waals surface area (Å²) in [4.78, 5) is 24.6. The van der Waals surface area contributed by atoms with Gasteiger partial charge in [0.25, 0.3) is 5.91 Å². The van der Waals surface area contributed by atoms with Crippen molar-refractivity contribution in [1.82, 2.24) is 5.32 Å². The molecule has 7 heteroatoms. The van der Waals surface area contributed by atoms with Crippen molar-refractivity contribution in [3.8, 4) is 11.5 Å². The van der Waals surface area contributed by atoms with E-state index in [0.29, 0.717) is 23.6 Å². The zero-order chi connectivity index (χ0) is 18.8. The molecule has 0 unspecified atom stereocenters. The minimum Gasteiger partial charge on any atom is -0.493 e. The lowest BCUT2D eigenvalue weighted by Gasteiger charge is -2.12. The van der Waals surface area contributed by atoms with Gasteiger partial charge in [0.05, 0.1) is 19.8 Å². The molecule has 2 rings (SSSR count). The predicted molar refractivity (Wildman–Crippen MR) is 100 cm³/mol. The molecular formula is C19H21NO5S. The summed E-state index contributed by atoms with van der Waals surface area (Å²) in [6.45, 7) is 0.407. The third-order valence-corrected chi connectivity index (χ3v) is 4.39. The second kappa shape index (κ2) is 10.4. The lowest BCUT2D eigenvalue weighted by molar-refractivity contribution is -0.122. The Hall–Kier alpha value is -2.67. The Labute approximate surface area is 156 Å². The predicted octanol–water partition coefficient (Wildman–Crippen LogP) is 2.77. The molecule has 6 nitrogen and oxygen atoms in total. The highest BCUT2D eigenvalue weighted by atomic mass is 32.2. The Morgan fingerprint density at radius 2 is 1.81 bits per heavy atom. The molecule has 0 aromatic heterocycles. The van der Waals surface area contributed by atoms with Gasteiger partial charge >= 0.3 is 5.97 Å². The quantitative estimate of drug-likeness (QED) is 0.413. The zero-order valence-electron chi connectivity index (χ0n) is 14.7. The molecule has 1 amide bonds. The van der Waals surface area contributed by atoms with E-state index in [2.05, 4.69) is 10.1 Å². The van der Waals surface area contributed by atoms with Crippen LogP contribution in [0.2, 0.25) is 0 Å². The molecule has 0 aliphatic carbocycles. The van der Waals surface area contributed by atoms with Crippen LogP contribution in [0.3, 0.4) is 0 Å². The molecule has 0 aliphatic rings. The van der Waals surface area contributed by atoms with Gasteiger partial charge in [-0.1, -0.05) is 18.2 Å². The average molecular weight is 375 g/mol. The highest BCUT2D eigenvalue weighted by Gasteiger charge is 2.12. The van der Waals surface area contributed by atoms with Crippen LogP contribution in [0.4, 0.5) is 0 Å². The molecule has 0 bridgehead atoms. The second-order valence-electron chi connectivity index (χ2n) is 5.16. The maximum atomic E-state index is 11.9. The molecule has 138 valence electrons. The second-order valence-corrected chi connectivity index (χ2v) is 6.33. The number of nitrogens with one attached hydrogen (secondary N) is 1. The van der Waals surface area contributed by atoms with Gasteiger partial charge in [0, 0.05) is 17.2 Å². The van der Waals surface area contributed by atoms with Crippen LogP contribution in [0.15, 0.2) is 53.4 Å². The number of carbonyl (C=O) groups excluding carboxylic acids is 2. The first kappa shape index (κ1) is 19.7. The summed E-state index contributed by atoms with van der Waals surface area (Å²) in [5.41, 5.74) is 0.346. The van der Waals surface area contributed by atoms with E-state index in [-0.39, 0.29) is 12.5 Å². The smallest absolute Gasteiger partial charge is 0.337 e. The van der Waals surface area contributed by atoms with Crippen molar-refractivity contribution < 1.29 is 23.8 Å². The van der Waals surface area contributed by atoms with Crippen molar-refractivity contribution in [3.63, 3.8) is 0 Å². The van der Waals surface area contributed by atoms with Gasteiger partial charge in [-0.2, -0.15) is 0 Å². The Kier molecular flexibility index (Phi) is 7.82. The van der Waals surface area contributed by atoms with Crippen molar-refractivity contribution in [1.29, 1.82) is 0 Å². The molecule has 0 heterocycles. The fourth-order valence-electron chi connectivity index (χ4n) is 2.10. The van der Waals surface area contributed by atoms with Crippen LogP contribution in [0.5, 0.6) is 11.5 Å². The largest absolute Gasteiger partial charge is 0.493 e. The molecule has 0 spiro atoms. The van der Waals surface area contributed by atoms with Gasteiger partial charge in [0.2, 0.25) is 0 Å². The normalized spacial score (nSPS) is 10.1. The van der Waals surface area contributed by atoms with Crippen LogP contribution in [-0.4, -0.2) is 45.0 Å². The van der Waals surface area contributed by atoms with E-state index in [9.17, 15) is 9.59 Å². The molecule has 0 aliphatic heterocycles. The number of benzene rings is 2.